The molecule has 0 bridgehead atoms. The van der Waals surface area contributed by atoms with Gasteiger partial charge in [0, 0.05) is 27.6 Å². The Hall–Kier alpha value is -3.66. The largest absolute Gasteiger partial charge is 0.435 e. The van der Waals surface area contributed by atoms with Gasteiger partial charge in [-0.2, -0.15) is 13.2 Å². The first-order valence-corrected chi connectivity index (χ1v) is 14.5. The molecule has 210 valence electrons. The van der Waals surface area contributed by atoms with Gasteiger partial charge in [-0.3, -0.25) is 4.79 Å². The van der Waals surface area contributed by atoms with Crippen molar-refractivity contribution in [2.45, 2.75) is 34.9 Å². The minimum Gasteiger partial charge on any atom is -0.374 e. The third-order valence-corrected chi connectivity index (χ3v) is 9.32. The first kappa shape index (κ1) is 28.9. The fourth-order valence-electron chi connectivity index (χ4n) is 4.55. The number of halogens is 5. The predicted octanol–water partition coefficient (Wildman–Crippen LogP) is 8.61. The molecule has 0 saturated heterocycles. The zero-order valence-corrected chi connectivity index (χ0v) is 23.7. The number of hydrogen-bond donors (Lipinski definition) is 0. The molecule has 0 spiro atoms. The lowest BCUT2D eigenvalue weighted by molar-refractivity contribution is -0.275. The number of benzene rings is 4. The van der Waals surface area contributed by atoms with Gasteiger partial charge >= 0.3 is 6.18 Å². The van der Waals surface area contributed by atoms with E-state index in [1.54, 1.807) is 67.6 Å². The molecule has 1 aliphatic heterocycles. The fourth-order valence-corrected chi connectivity index (χ4v) is 6.94. The van der Waals surface area contributed by atoms with Crippen molar-refractivity contribution in [3.63, 3.8) is 0 Å². The van der Waals surface area contributed by atoms with E-state index in [2.05, 4.69) is 9.52 Å². The molecule has 0 N–H and O–H groups in total. The highest BCUT2D eigenvalue weighted by Gasteiger charge is 2.62. The van der Waals surface area contributed by atoms with E-state index in [1.807, 2.05) is 0 Å². The van der Waals surface area contributed by atoms with Crippen LogP contribution in [0.1, 0.15) is 33.5 Å². The van der Waals surface area contributed by atoms with Gasteiger partial charge in [-0.1, -0.05) is 70.8 Å². The van der Waals surface area contributed by atoms with Crippen LogP contribution in [0.3, 0.4) is 0 Å². The van der Waals surface area contributed by atoms with Crippen molar-refractivity contribution < 1.29 is 27.0 Å². The molecule has 11 heteroatoms. The van der Waals surface area contributed by atoms with Gasteiger partial charge in [0.2, 0.25) is 0 Å². The minimum atomic E-state index is -4.84. The predicted molar refractivity (Wildman–Crippen MR) is 152 cm³/mol. The number of rotatable bonds is 5. The molecule has 1 amide bonds. The Kier molecular flexibility index (Phi) is 7.72. The second kappa shape index (κ2) is 11.0. The molecular weight excluding hydrogens is 596 g/mol. The maximum absolute atomic E-state index is 14.4. The normalized spacial score (nSPS) is 17.1. The van der Waals surface area contributed by atoms with Gasteiger partial charge in [0.25, 0.3) is 11.5 Å². The smallest absolute Gasteiger partial charge is 0.374 e. The summed E-state index contributed by atoms with van der Waals surface area (Å²) in [5, 5.41) is 3.82. The van der Waals surface area contributed by atoms with Gasteiger partial charge < -0.3 is 4.84 Å². The molecule has 41 heavy (non-hydrogen) atoms. The van der Waals surface area contributed by atoms with Gasteiger partial charge in [-0.05, 0) is 72.6 Å². The summed E-state index contributed by atoms with van der Waals surface area (Å²) < 4.78 is 61.5. The van der Waals surface area contributed by atoms with Crippen molar-refractivity contribution in [2.24, 2.45) is 9.52 Å². The number of nitrogens with zero attached hydrogens (tertiary/aromatic N) is 2. The molecule has 5 nitrogen and oxygen atoms in total. The van der Waals surface area contributed by atoms with E-state index in [1.165, 1.54) is 24.3 Å². The highest BCUT2D eigenvalue weighted by atomic mass is 35.5. The van der Waals surface area contributed by atoms with Gasteiger partial charge in [-0.25, -0.2) is 4.21 Å². The van der Waals surface area contributed by atoms with Crippen molar-refractivity contribution in [1.82, 2.24) is 0 Å². The van der Waals surface area contributed by atoms with Crippen LogP contribution in [0.25, 0.3) is 0 Å². The minimum absolute atomic E-state index is 0.0230. The number of alkyl halides is 3. The van der Waals surface area contributed by atoms with Crippen molar-refractivity contribution >= 4 is 44.5 Å². The van der Waals surface area contributed by atoms with Crippen LogP contribution in [-0.4, -0.2) is 22.0 Å². The second-order valence-corrected chi connectivity index (χ2v) is 12.4. The Morgan fingerprint density at radius 2 is 1.46 bits per heavy atom. The topological polar surface area (TPSA) is 68.1 Å². The van der Waals surface area contributed by atoms with Crippen LogP contribution in [0.15, 0.2) is 116 Å². The maximum atomic E-state index is 14.4. The van der Waals surface area contributed by atoms with E-state index in [4.69, 9.17) is 28.0 Å². The number of oxime groups is 1. The molecule has 0 fully saturated rings. The molecule has 4 aromatic carbocycles. The summed E-state index contributed by atoms with van der Waals surface area (Å²) in [5.74, 6) is -0.727. The van der Waals surface area contributed by atoms with Crippen LogP contribution in [0.5, 0.6) is 0 Å². The third kappa shape index (κ3) is 5.49. The van der Waals surface area contributed by atoms with Gasteiger partial charge in [0.15, 0.2) is 0 Å². The van der Waals surface area contributed by atoms with Crippen LogP contribution < -0.4 is 0 Å². The molecule has 1 unspecified atom stereocenters. The zero-order valence-electron chi connectivity index (χ0n) is 21.4. The van der Waals surface area contributed by atoms with Gasteiger partial charge in [0.1, 0.15) is 9.73 Å². The molecule has 0 aromatic heterocycles. The van der Waals surface area contributed by atoms with Crippen LogP contribution in [0.2, 0.25) is 10.0 Å². The number of carbonyl (C=O) groups excluding carboxylic acids is 1. The summed E-state index contributed by atoms with van der Waals surface area (Å²) in [7, 11) is -3.32. The lowest BCUT2D eigenvalue weighted by atomic mass is 9.86. The van der Waals surface area contributed by atoms with Gasteiger partial charge in [-0.15, -0.1) is 4.36 Å². The maximum Gasteiger partial charge on any atom is 0.435 e. The fraction of sp³-hybridized carbons (Fsp3) is 0.133. The lowest BCUT2D eigenvalue weighted by Gasteiger charge is -2.29. The summed E-state index contributed by atoms with van der Waals surface area (Å²) in [5.41, 5.74) is -2.15. The van der Waals surface area contributed by atoms with E-state index < -0.39 is 33.8 Å². The Morgan fingerprint density at radius 3 is 1.98 bits per heavy atom. The van der Waals surface area contributed by atoms with E-state index in [0.717, 1.165) is 12.1 Å². The monoisotopic (exact) mass is 616 g/mol. The summed E-state index contributed by atoms with van der Waals surface area (Å²) in [6.45, 7) is 1.61. The summed E-state index contributed by atoms with van der Waals surface area (Å²) in [6, 6.07) is 25.0. The molecular formula is C30H21Cl2F3N2O3S. The van der Waals surface area contributed by atoms with Crippen LogP contribution >= 0.6 is 23.2 Å². The zero-order chi connectivity index (χ0) is 29.4. The Labute approximate surface area is 244 Å². The van der Waals surface area contributed by atoms with Gasteiger partial charge in [0.05, 0.1) is 15.5 Å². The molecule has 1 heterocycles. The average molecular weight is 617 g/mol. The molecule has 0 radical (unpaired) electrons. The quantitative estimate of drug-likeness (QED) is 0.225. The van der Waals surface area contributed by atoms with Crippen LogP contribution in [-0.2, 0) is 20.2 Å². The molecule has 1 aliphatic rings. The SMILES string of the molecule is Cc1cc(C2=NOC(c3cc(Cl)cc(Cl)c3)(C(F)(F)F)C2)ccc1C(=O)N=S(=O)(c1ccccc1)c1ccccc1. The van der Waals surface area contributed by atoms with E-state index in [0.29, 0.717) is 20.9 Å². The van der Waals surface area contributed by atoms with E-state index in [9.17, 15) is 22.2 Å². The highest BCUT2D eigenvalue weighted by molar-refractivity contribution is 7.94. The first-order chi connectivity index (χ1) is 19.4. The number of carbonyl (C=O) groups is 1. The molecule has 5 rings (SSSR count). The van der Waals surface area contributed by atoms with E-state index >= 15 is 0 Å². The highest BCUT2D eigenvalue weighted by Crippen LogP contribution is 2.49. The molecule has 1 atom stereocenters. The van der Waals surface area contributed by atoms with Crippen LogP contribution in [0.4, 0.5) is 13.2 Å². The summed E-state index contributed by atoms with van der Waals surface area (Å²) in [6.07, 6.45) is -5.48. The Balaban J connectivity index is 1.50. The number of amides is 1. The second-order valence-electron chi connectivity index (χ2n) is 9.37. The third-order valence-electron chi connectivity index (χ3n) is 6.64. The lowest BCUT2D eigenvalue weighted by Crippen LogP contribution is -2.42. The van der Waals surface area contributed by atoms with Crippen molar-refractivity contribution in [2.75, 3.05) is 0 Å². The number of aryl methyl sites for hydroxylation is 1. The van der Waals surface area contributed by atoms with Crippen molar-refractivity contribution in [3.05, 3.63) is 129 Å². The summed E-state index contributed by atoms with van der Waals surface area (Å²) >= 11 is 12.0. The molecule has 0 saturated carbocycles. The Morgan fingerprint density at radius 1 is 0.902 bits per heavy atom. The van der Waals surface area contributed by atoms with Crippen molar-refractivity contribution in [3.8, 4) is 0 Å². The summed E-state index contributed by atoms with van der Waals surface area (Å²) in [4.78, 5) is 19.2. The number of hydrogen-bond acceptors (Lipinski definition) is 4. The van der Waals surface area contributed by atoms with E-state index in [-0.39, 0.29) is 26.9 Å². The van der Waals surface area contributed by atoms with Crippen LogP contribution in [0, 0.1) is 6.92 Å². The molecule has 0 aliphatic carbocycles. The standard InChI is InChI=1S/C30H21Cl2F3N2O3S/c1-19-14-20(27-18-29(40-36-27,30(33,34)35)21-15-22(31)17-23(32)16-21)12-13-26(19)28(38)37-41(39,24-8-4-2-5-9-24)25-10-6-3-7-11-25/h2-17H,18H2,1H3. The average Bonchev–Trinajstić information content (AvgIpc) is 3.41. The first-order valence-electron chi connectivity index (χ1n) is 12.2. The molecule has 4 aromatic rings. The van der Waals surface area contributed by atoms with Crippen molar-refractivity contribution in [1.29, 1.82) is 0 Å². The Bertz CT molecular complexity index is 1720.